The summed E-state index contributed by atoms with van der Waals surface area (Å²) in [5.74, 6) is 0.795. The van der Waals surface area contributed by atoms with Crippen molar-refractivity contribution in [3.63, 3.8) is 0 Å². The Balaban J connectivity index is 2.36. The summed E-state index contributed by atoms with van der Waals surface area (Å²) in [4.78, 5) is 2.53. The van der Waals surface area contributed by atoms with Crippen molar-refractivity contribution >= 4 is 0 Å². The Morgan fingerprint density at radius 3 is 2.33 bits per heavy atom. The zero-order valence-electron chi connectivity index (χ0n) is 10.7. The van der Waals surface area contributed by atoms with Crippen LogP contribution in [0.3, 0.4) is 0 Å². The van der Waals surface area contributed by atoms with Gasteiger partial charge in [0.2, 0.25) is 0 Å². The van der Waals surface area contributed by atoms with E-state index in [2.05, 4.69) is 25.7 Å². The summed E-state index contributed by atoms with van der Waals surface area (Å²) in [7, 11) is 0. The molecule has 2 atom stereocenters. The smallest absolute Gasteiger partial charge is 0.0196 e. The van der Waals surface area contributed by atoms with Crippen molar-refractivity contribution in [2.75, 3.05) is 13.1 Å². The maximum absolute atomic E-state index is 6.31. The molecule has 0 aromatic rings. The van der Waals surface area contributed by atoms with Crippen LogP contribution >= 0.6 is 0 Å². The molecule has 2 N–H and O–H groups in total. The van der Waals surface area contributed by atoms with Crippen molar-refractivity contribution < 1.29 is 0 Å². The van der Waals surface area contributed by atoms with Gasteiger partial charge in [0.15, 0.2) is 0 Å². The summed E-state index contributed by atoms with van der Waals surface area (Å²) < 4.78 is 0. The van der Waals surface area contributed by atoms with Gasteiger partial charge < -0.3 is 5.73 Å². The fourth-order valence-corrected chi connectivity index (χ4v) is 2.68. The molecular formula is C13H28N2. The predicted octanol–water partition coefficient (Wildman–Crippen LogP) is 2.62. The molecule has 1 aliphatic carbocycles. The lowest BCUT2D eigenvalue weighted by molar-refractivity contribution is 0.183. The number of likely N-dealkylation sites (N-methyl/N-ethyl adjacent to an activating group) is 1. The largest absolute Gasteiger partial charge is 0.326 e. The normalized spacial score (nSPS) is 22.2. The molecule has 1 rings (SSSR count). The van der Waals surface area contributed by atoms with Gasteiger partial charge in [-0.2, -0.15) is 0 Å². The zero-order valence-corrected chi connectivity index (χ0v) is 10.7. The first-order chi connectivity index (χ1) is 7.19. The lowest BCUT2D eigenvalue weighted by Gasteiger charge is -2.31. The fraction of sp³-hybridized carbons (Fsp3) is 1.00. The van der Waals surface area contributed by atoms with E-state index in [0.717, 1.165) is 19.0 Å². The molecule has 0 amide bonds. The van der Waals surface area contributed by atoms with Crippen molar-refractivity contribution in [1.82, 2.24) is 4.90 Å². The maximum Gasteiger partial charge on any atom is 0.0196 e. The second kappa shape index (κ2) is 6.49. The number of hydrogen-bond donors (Lipinski definition) is 1. The minimum atomic E-state index is 0.404. The molecule has 1 saturated carbocycles. The Bertz CT molecular complexity index is 164. The van der Waals surface area contributed by atoms with Crippen LogP contribution in [0.15, 0.2) is 0 Å². The molecule has 0 aliphatic heterocycles. The van der Waals surface area contributed by atoms with Gasteiger partial charge in [-0.05, 0) is 38.6 Å². The number of rotatable bonds is 6. The van der Waals surface area contributed by atoms with Crippen LogP contribution in [0.5, 0.6) is 0 Å². The molecule has 90 valence electrons. The molecule has 0 spiro atoms. The standard InChI is InChI=1S/C13H28N2/c1-4-11(3)15(5-2)10-13(14)12-8-6-7-9-12/h11-13H,4-10,14H2,1-3H3. The summed E-state index contributed by atoms with van der Waals surface area (Å²) in [5, 5.41) is 0. The third kappa shape index (κ3) is 3.76. The summed E-state index contributed by atoms with van der Waals surface area (Å²) in [5.41, 5.74) is 6.31. The van der Waals surface area contributed by atoms with Gasteiger partial charge in [-0.25, -0.2) is 0 Å². The molecule has 0 heterocycles. The topological polar surface area (TPSA) is 29.3 Å². The molecule has 0 saturated heterocycles. The zero-order chi connectivity index (χ0) is 11.3. The Hall–Kier alpha value is -0.0800. The van der Waals surface area contributed by atoms with Crippen molar-refractivity contribution in [3.8, 4) is 0 Å². The summed E-state index contributed by atoms with van der Waals surface area (Å²) in [6, 6.07) is 1.09. The highest BCUT2D eigenvalue weighted by Crippen LogP contribution is 2.27. The van der Waals surface area contributed by atoms with E-state index in [4.69, 9.17) is 5.73 Å². The van der Waals surface area contributed by atoms with Crippen LogP contribution in [0.25, 0.3) is 0 Å². The van der Waals surface area contributed by atoms with E-state index in [0.29, 0.717) is 12.1 Å². The molecule has 0 radical (unpaired) electrons. The van der Waals surface area contributed by atoms with E-state index in [1.807, 2.05) is 0 Å². The van der Waals surface area contributed by atoms with E-state index < -0.39 is 0 Å². The molecule has 15 heavy (non-hydrogen) atoms. The SMILES string of the molecule is CCC(C)N(CC)CC(N)C1CCCC1. The number of nitrogens with zero attached hydrogens (tertiary/aromatic N) is 1. The van der Waals surface area contributed by atoms with Gasteiger partial charge in [-0.15, -0.1) is 0 Å². The Labute approximate surface area is 95.2 Å². The van der Waals surface area contributed by atoms with E-state index in [9.17, 15) is 0 Å². The van der Waals surface area contributed by atoms with Crippen molar-refractivity contribution in [1.29, 1.82) is 0 Å². The molecule has 0 bridgehead atoms. The summed E-state index contributed by atoms with van der Waals surface area (Å²) >= 11 is 0. The third-order valence-corrected chi connectivity index (χ3v) is 4.07. The first-order valence-electron chi connectivity index (χ1n) is 6.68. The van der Waals surface area contributed by atoms with Crippen LogP contribution < -0.4 is 5.73 Å². The van der Waals surface area contributed by atoms with E-state index in [1.54, 1.807) is 0 Å². The molecule has 2 unspecified atom stereocenters. The highest BCUT2D eigenvalue weighted by Gasteiger charge is 2.24. The van der Waals surface area contributed by atoms with Crippen LogP contribution in [0, 0.1) is 5.92 Å². The first kappa shape index (κ1) is 13.0. The van der Waals surface area contributed by atoms with E-state index >= 15 is 0 Å². The van der Waals surface area contributed by atoms with Crippen molar-refractivity contribution in [3.05, 3.63) is 0 Å². The summed E-state index contributed by atoms with van der Waals surface area (Å²) in [6.45, 7) is 9.04. The molecule has 0 aromatic carbocycles. The Morgan fingerprint density at radius 2 is 1.87 bits per heavy atom. The highest BCUT2D eigenvalue weighted by atomic mass is 15.2. The highest BCUT2D eigenvalue weighted by molar-refractivity contribution is 4.81. The van der Waals surface area contributed by atoms with Gasteiger partial charge in [0.05, 0.1) is 0 Å². The van der Waals surface area contributed by atoms with E-state index in [-0.39, 0.29) is 0 Å². The van der Waals surface area contributed by atoms with Crippen LogP contribution in [-0.4, -0.2) is 30.1 Å². The Kier molecular flexibility index (Phi) is 5.62. The number of hydrogen-bond acceptors (Lipinski definition) is 2. The van der Waals surface area contributed by atoms with Crippen molar-refractivity contribution in [2.24, 2.45) is 11.7 Å². The fourth-order valence-electron chi connectivity index (χ4n) is 2.68. The minimum Gasteiger partial charge on any atom is -0.326 e. The lowest BCUT2D eigenvalue weighted by atomic mass is 9.98. The molecule has 0 aromatic heterocycles. The second-order valence-electron chi connectivity index (χ2n) is 5.05. The van der Waals surface area contributed by atoms with Crippen LogP contribution in [-0.2, 0) is 0 Å². The average molecular weight is 212 g/mol. The second-order valence-corrected chi connectivity index (χ2v) is 5.05. The molecule has 1 fully saturated rings. The van der Waals surface area contributed by atoms with Gasteiger partial charge in [-0.3, -0.25) is 4.90 Å². The van der Waals surface area contributed by atoms with Crippen molar-refractivity contribution in [2.45, 2.75) is 65.0 Å². The lowest BCUT2D eigenvalue weighted by Crippen LogP contribution is -2.45. The summed E-state index contributed by atoms with van der Waals surface area (Å²) in [6.07, 6.45) is 6.74. The molecule has 2 nitrogen and oxygen atoms in total. The Morgan fingerprint density at radius 1 is 1.27 bits per heavy atom. The predicted molar refractivity (Wildman–Crippen MR) is 66.9 cm³/mol. The van der Waals surface area contributed by atoms with Crippen LogP contribution in [0.2, 0.25) is 0 Å². The monoisotopic (exact) mass is 212 g/mol. The van der Waals surface area contributed by atoms with Gasteiger partial charge in [0.25, 0.3) is 0 Å². The van der Waals surface area contributed by atoms with E-state index in [1.165, 1.54) is 32.1 Å². The third-order valence-electron chi connectivity index (χ3n) is 4.07. The minimum absolute atomic E-state index is 0.404. The molecular weight excluding hydrogens is 184 g/mol. The van der Waals surface area contributed by atoms with Crippen LogP contribution in [0.4, 0.5) is 0 Å². The molecule has 1 aliphatic rings. The first-order valence-corrected chi connectivity index (χ1v) is 6.68. The average Bonchev–Trinajstić information content (AvgIpc) is 2.77. The van der Waals surface area contributed by atoms with Gasteiger partial charge >= 0.3 is 0 Å². The van der Waals surface area contributed by atoms with Gasteiger partial charge in [0.1, 0.15) is 0 Å². The number of nitrogens with two attached hydrogens (primary N) is 1. The van der Waals surface area contributed by atoms with Gasteiger partial charge in [0, 0.05) is 18.6 Å². The maximum atomic E-state index is 6.31. The van der Waals surface area contributed by atoms with Crippen LogP contribution in [0.1, 0.15) is 52.9 Å². The molecule has 2 heteroatoms. The quantitative estimate of drug-likeness (QED) is 0.733. The van der Waals surface area contributed by atoms with Gasteiger partial charge in [-0.1, -0.05) is 26.7 Å².